The number of amides is 2. The highest BCUT2D eigenvalue weighted by atomic mass is 35.5. The lowest BCUT2D eigenvalue weighted by molar-refractivity contribution is -0.138. The molecule has 4 rings (SSSR count). The Kier molecular flexibility index (Phi) is 8.27. The van der Waals surface area contributed by atoms with Crippen LogP contribution in [0.25, 0.3) is 0 Å². The van der Waals surface area contributed by atoms with Crippen LogP contribution in [0.1, 0.15) is 44.0 Å². The van der Waals surface area contributed by atoms with E-state index in [0.717, 1.165) is 11.0 Å². The largest absolute Gasteiger partial charge is 0.454 e. The molecule has 2 aromatic carbocycles. The minimum atomic E-state index is -4.80. The molecule has 0 bridgehead atoms. The van der Waals surface area contributed by atoms with Crippen molar-refractivity contribution in [2.45, 2.75) is 29.8 Å². The normalized spacial score (nSPS) is 15.2. The Morgan fingerprint density at radius 2 is 1.75 bits per heavy atom. The Bertz CT molecular complexity index is 1550. The van der Waals surface area contributed by atoms with Crippen LogP contribution in [0.15, 0.2) is 59.6 Å². The molecular weight excluding hydrogens is 571 g/mol. The van der Waals surface area contributed by atoms with Crippen LogP contribution in [0.4, 0.5) is 18.9 Å². The van der Waals surface area contributed by atoms with Crippen molar-refractivity contribution in [3.8, 4) is 6.07 Å². The van der Waals surface area contributed by atoms with Crippen LogP contribution >= 0.6 is 23.4 Å². The molecule has 0 saturated carbocycles. The van der Waals surface area contributed by atoms with E-state index in [2.05, 4.69) is 4.98 Å². The second-order valence-electron chi connectivity index (χ2n) is 8.53. The molecule has 1 aliphatic heterocycles. The molecule has 3 aromatic rings. The third kappa shape index (κ3) is 6.16. The second kappa shape index (κ2) is 11.5. The van der Waals surface area contributed by atoms with Crippen LogP contribution in [-0.2, 0) is 20.5 Å². The Morgan fingerprint density at radius 3 is 2.35 bits per heavy atom. The minimum Gasteiger partial charge on any atom is -0.454 e. The average molecular weight is 588 g/mol. The Labute approximate surface area is 234 Å². The predicted molar refractivity (Wildman–Crippen MR) is 138 cm³/mol. The van der Waals surface area contributed by atoms with Gasteiger partial charge in [-0.05, 0) is 61.5 Å². The van der Waals surface area contributed by atoms with Crippen LogP contribution in [-0.4, -0.2) is 40.4 Å². The second-order valence-corrected chi connectivity index (χ2v) is 10.2. The van der Waals surface area contributed by atoms with Gasteiger partial charge in [-0.1, -0.05) is 23.4 Å². The first kappa shape index (κ1) is 28.8. The van der Waals surface area contributed by atoms with E-state index in [9.17, 15) is 37.6 Å². The number of carbonyl (C=O) groups excluding carboxylic acids is 4. The first-order valence-corrected chi connectivity index (χ1v) is 12.7. The molecule has 40 heavy (non-hydrogen) atoms. The molecule has 0 radical (unpaired) electrons. The van der Waals surface area contributed by atoms with Gasteiger partial charge in [0.2, 0.25) is 11.8 Å². The number of ketones is 1. The summed E-state index contributed by atoms with van der Waals surface area (Å²) in [5.74, 6) is -2.58. The number of pyridine rings is 1. The van der Waals surface area contributed by atoms with Crippen molar-refractivity contribution < 1.29 is 37.1 Å². The number of ether oxygens (including phenoxy) is 1. The van der Waals surface area contributed by atoms with Gasteiger partial charge in [0.25, 0.3) is 0 Å². The smallest absolute Gasteiger partial charge is 0.417 e. The molecule has 13 heteroatoms. The molecule has 2 heterocycles. The summed E-state index contributed by atoms with van der Waals surface area (Å²) in [6.45, 7) is 0.812. The monoisotopic (exact) mass is 587 g/mol. The molecule has 8 nitrogen and oxygen atoms in total. The van der Waals surface area contributed by atoms with Crippen LogP contribution < -0.4 is 4.90 Å². The maximum atomic E-state index is 13.4. The molecule has 1 atom stereocenters. The summed E-state index contributed by atoms with van der Waals surface area (Å²) in [6, 6.07) is 13.6. The maximum absolute atomic E-state index is 13.4. The average Bonchev–Trinajstić information content (AvgIpc) is 3.18. The van der Waals surface area contributed by atoms with Gasteiger partial charge in [-0.2, -0.15) is 18.4 Å². The SMILES string of the molecule is Cc1cc(C(F)(F)F)c(C#N)c(SC2CC(=O)N(c3ccc(C(=O)OCC(=O)c4ccc(Cl)cc4)cc3)C2=O)n1. The highest BCUT2D eigenvalue weighted by Crippen LogP contribution is 2.39. The van der Waals surface area contributed by atoms with Crippen molar-refractivity contribution in [2.75, 3.05) is 11.5 Å². The topological polar surface area (TPSA) is 117 Å². The van der Waals surface area contributed by atoms with E-state index in [-0.39, 0.29) is 28.4 Å². The van der Waals surface area contributed by atoms with Crippen molar-refractivity contribution in [1.82, 2.24) is 4.98 Å². The highest BCUT2D eigenvalue weighted by molar-refractivity contribution is 8.00. The number of benzene rings is 2. The molecule has 204 valence electrons. The first-order chi connectivity index (χ1) is 18.9. The molecule has 1 saturated heterocycles. The number of halogens is 4. The summed E-state index contributed by atoms with van der Waals surface area (Å²) < 4.78 is 45.3. The van der Waals surface area contributed by atoms with Crippen molar-refractivity contribution >= 4 is 52.6 Å². The Hall–Kier alpha value is -4.21. The van der Waals surface area contributed by atoms with Gasteiger partial charge < -0.3 is 4.74 Å². The number of aromatic nitrogens is 1. The minimum absolute atomic E-state index is 0.000191. The fourth-order valence-corrected chi connectivity index (χ4v) is 5.14. The lowest BCUT2D eigenvalue weighted by Crippen LogP contribution is -2.31. The lowest BCUT2D eigenvalue weighted by atomic mass is 10.1. The molecule has 1 aliphatic rings. The quantitative estimate of drug-likeness (QED) is 0.205. The fourth-order valence-electron chi connectivity index (χ4n) is 3.84. The van der Waals surface area contributed by atoms with Crippen molar-refractivity contribution in [3.05, 3.63) is 87.6 Å². The van der Waals surface area contributed by atoms with Crippen LogP contribution in [0.5, 0.6) is 0 Å². The molecule has 0 spiro atoms. The molecule has 0 aliphatic carbocycles. The van der Waals surface area contributed by atoms with E-state index in [1.807, 2.05) is 0 Å². The maximum Gasteiger partial charge on any atom is 0.417 e. The predicted octanol–water partition coefficient (Wildman–Crippen LogP) is 5.40. The fraction of sp³-hybridized carbons (Fsp3) is 0.185. The number of hydrogen-bond donors (Lipinski definition) is 0. The number of hydrogen-bond acceptors (Lipinski definition) is 8. The molecule has 1 aromatic heterocycles. The number of nitriles is 1. The number of rotatable bonds is 7. The van der Waals surface area contributed by atoms with Gasteiger partial charge in [-0.25, -0.2) is 14.7 Å². The van der Waals surface area contributed by atoms with E-state index >= 15 is 0 Å². The molecule has 0 N–H and O–H groups in total. The summed E-state index contributed by atoms with van der Waals surface area (Å²) in [6.07, 6.45) is -5.14. The molecular formula is C27H17ClF3N3O5S. The lowest BCUT2D eigenvalue weighted by Gasteiger charge is -2.16. The zero-order chi connectivity index (χ0) is 29.2. The van der Waals surface area contributed by atoms with Crippen molar-refractivity contribution in [3.63, 3.8) is 0 Å². The number of Topliss-reactive ketones (excluding diaryl/α,β-unsaturated/α-hetero) is 1. The van der Waals surface area contributed by atoms with E-state index < -0.39 is 52.7 Å². The van der Waals surface area contributed by atoms with Gasteiger partial charge in [0.05, 0.1) is 27.6 Å². The van der Waals surface area contributed by atoms with Crippen LogP contribution in [0.3, 0.4) is 0 Å². The van der Waals surface area contributed by atoms with E-state index in [0.29, 0.717) is 22.3 Å². The van der Waals surface area contributed by atoms with Gasteiger partial charge in [-0.15, -0.1) is 0 Å². The van der Waals surface area contributed by atoms with Gasteiger partial charge in [0.1, 0.15) is 11.1 Å². The molecule has 2 amide bonds. The third-order valence-corrected chi connectivity index (χ3v) is 7.18. The summed E-state index contributed by atoms with van der Waals surface area (Å²) >= 11 is 6.40. The van der Waals surface area contributed by atoms with Gasteiger partial charge in [0, 0.05) is 22.7 Å². The zero-order valence-electron chi connectivity index (χ0n) is 20.5. The van der Waals surface area contributed by atoms with Crippen molar-refractivity contribution in [1.29, 1.82) is 5.26 Å². The van der Waals surface area contributed by atoms with Gasteiger partial charge >= 0.3 is 12.1 Å². The third-order valence-electron chi connectivity index (χ3n) is 5.75. The summed E-state index contributed by atoms with van der Waals surface area (Å²) in [4.78, 5) is 55.2. The van der Waals surface area contributed by atoms with Crippen LogP contribution in [0.2, 0.25) is 5.02 Å². The number of nitrogens with zero attached hydrogens (tertiary/aromatic N) is 3. The first-order valence-electron chi connectivity index (χ1n) is 11.5. The zero-order valence-corrected chi connectivity index (χ0v) is 22.1. The van der Waals surface area contributed by atoms with Gasteiger partial charge in [-0.3, -0.25) is 14.4 Å². The van der Waals surface area contributed by atoms with E-state index in [4.69, 9.17) is 16.3 Å². The Balaban J connectivity index is 1.45. The number of thioether (sulfide) groups is 1. The summed E-state index contributed by atoms with van der Waals surface area (Å²) in [7, 11) is 0. The van der Waals surface area contributed by atoms with E-state index in [1.165, 1.54) is 61.5 Å². The van der Waals surface area contributed by atoms with Crippen LogP contribution in [0, 0.1) is 18.3 Å². The highest BCUT2D eigenvalue weighted by Gasteiger charge is 2.42. The summed E-state index contributed by atoms with van der Waals surface area (Å²) in [5, 5.41) is 8.39. The number of esters is 1. The number of imide groups is 1. The number of alkyl halides is 3. The molecule has 1 fully saturated rings. The summed E-state index contributed by atoms with van der Waals surface area (Å²) in [5.41, 5.74) is -1.40. The van der Waals surface area contributed by atoms with Crippen molar-refractivity contribution in [2.24, 2.45) is 0 Å². The number of aryl methyl sites for hydroxylation is 1. The molecule has 1 unspecified atom stereocenters. The standard InChI is InChI=1S/C27H17ClF3N3O5S/c1-14-10-20(27(29,30)31)19(12-32)24(33-14)40-22-11-23(36)34(25(22)37)18-8-4-16(5-9-18)26(38)39-13-21(35)15-2-6-17(28)7-3-15/h2-10,22H,11,13H2,1H3. The Morgan fingerprint density at radius 1 is 1.12 bits per heavy atom. The number of carbonyl (C=O) groups is 4. The van der Waals surface area contributed by atoms with Gasteiger partial charge in [0.15, 0.2) is 12.4 Å². The van der Waals surface area contributed by atoms with E-state index in [1.54, 1.807) is 0 Å². The number of anilines is 1.